The molecule has 1 aliphatic heterocycles. The Labute approximate surface area is 234 Å². The molecule has 0 fully saturated rings. The summed E-state index contributed by atoms with van der Waals surface area (Å²) in [6, 6.07) is 18.1. The maximum atomic E-state index is 16.1. The van der Waals surface area contributed by atoms with Gasteiger partial charge in [0, 0.05) is 35.2 Å². The Morgan fingerprint density at radius 2 is 1.77 bits per heavy atom. The molecular weight excluding hydrogens is 507 g/mol. The second-order valence-corrected chi connectivity index (χ2v) is 11.7. The van der Waals surface area contributed by atoms with Crippen molar-refractivity contribution < 1.29 is 23.8 Å². The number of amides is 1. The van der Waals surface area contributed by atoms with Crippen molar-refractivity contribution >= 4 is 23.1 Å². The molecule has 0 bridgehead atoms. The standard InChI is InChI=1S/C33H35FN2O4/c1-19(2)32(39)36-26-12-9-13-27(37)30(26)35-25-17-33(4,5)18-28(38)29(25)31(36)23-15-14-22(16-24(23)34)40-20(3)21-10-7-6-8-11-21/h6-16,19-20,31,35,37H,17-18H2,1-5H3/t20-,31?/m1/s1. The van der Waals surface area contributed by atoms with Crippen LogP contribution in [0.3, 0.4) is 0 Å². The van der Waals surface area contributed by atoms with Crippen LogP contribution in [0.4, 0.5) is 15.8 Å². The van der Waals surface area contributed by atoms with Crippen LogP contribution in [0.25, 0.3) is 0 Å². The maximum Gasteiger partial charge on any atom is 0.230 e. The fraction of sp³-hybridized carbons (Fsp3) is 0.333. The molecule has 0 aromatic heterocycles. The summed E-state index contributed by atoms with van der Waals surface area (Å²) in [7, 11) is 0. The van der Waals surface area contributed by atoms with Crippen LogP contribution in [0, 0.1) is 17.2 Å². The summed E-state index contributed by atoms with van der Waals surface area (Å²) < 4.78 is 22.2. The second kappa shape index (κ2) is 10.5. The Morgan fingerprint density at radius 3 is 2.45 bits per heavy atom. The van der Waals surface area contributed by atoms with Gasteiger partial charge < -0.3 is 15.2 Å². The number of carbonyl (C=O) groups is 2. The van der Waals surface area contributed by atoms with E-state index in [1.54, 1.807) is 38.1 Å². The Hall–Kier alpha value is -4.13. The predicted molar refractivity (Wildman–Crippen MR) is 154 cm³/mol. The lowest BCUT2D eigenvalue weighted by Gasteiger charge is -2.37. The molecule has 7 heteroatoms. The number of carbonyl (C=O) groups excluding carboxylic acids is 2. The fourth-order valence-electron chi connectivity index (χ4n) is 5.66. The number of hydrogen-bond donors (Lipinski definition) is 2. The van der Waals surface area contributed by atoms with Gasteiger partial charge in [-0.3, -0.25) is 14.5 Å². The number of fused-ring (bicyclic) bond motifs is 1. The SMILES string of the molecule is CC(C)C(=O)N1c2cccc(O)c2NC2=C(C(=O)CC(C)(C)C2)C1c1ccc(O[C@H](C)c2ccccc2)cc1F. The van der Waals surface area contributed by atoms with E-state index in [0.717, 1.165) is 5.56 Å². The fourth-order valence-corrected chi connectivity index (χ4v) is 5.66. The molecule has 40 heavy (non-hydrogen) atoms. The lowest BCUT2D eigenvalue weighted by atomic mass is 9.73. The quantitative estimate of drug-likeness (QED) is 0.327. The highest BCUT2D eigenvalue weighted by Crippen LogP contribution is 2.51. The highest BCUT2D eigenvalue weighted by molar-refractivity contribution is 6.07. The monoisotopic (exact) mass is 542 g/mol. The zero-order valence-corrected chi connectivity index (χ0v) is 23.5. The molecule has 0 saturated heterocycles. The zero-order chi connectivity index (χ0) is 28.8. The number of aromatic hydroxyl groups is 1. The van der Waals surface area contributed by atoms with Crippen LogP contribution in [-0.4, -0.2) is 16.8 Å². The van der Waals surface area contributed by atoms with Gasteiger partial charge in [0.15, 0.2) is 5.78 Å². The average Bonchev–Trinajstić information content (AvgIpc) is 3.03. The van der Waals surface area contributed by atoms with Crippen molar-refractivity contribution in [1.29, 1.82) is 0 Å². The Balaban J connectivity index is 1.67. The van der Waals surface area contributed by atoms with Crippen molar-refractivity contribution in [3.8, 4) is 11.5 Å². The van der Waals surface area contributed by atoms with E-state index in [4.69, 9.17) is 4.74 Å². The van der Waals surface area contributed by atoms with Crippen molar-refractivity contribution in [1.82, 2.24) is 0 Å². The van der Waals surface area contributed by atoms with E-state index in [9.17, 15) is 14.7 Å². The van der Waals surface area contributed by atoms with Crippen molar-refractivity contribution in [2.24, 2.45) is 11.3 Å². The first-order valence-electron chi connectivity index (χ1n) is 13.7. The summed E-state index contributed by atoms with van der Waals surface area (Å²) in [5, 5.41) is 14.1. The van der Waals surface area contributed by atoms with Gasteiger partial charge in [-0.15, -0.1) is 0 Å². The minimum atomic E-state index is -1.02. The topological polar surface area (TPSA) is 78.9 Å². The van der Waals surface area contributed by atoms with Gasteiger partial charge in [0.1, 0.15) is 29.1 Å². The average molecular weight is 543 g/mol. The van der Waals surface area contributed by atoms with Crippen LogP contribution in [0.2, 0.25) is 0 Å². The van der Waals surface area contributed by atoms with Gasteiger partial charge in [-0.1, -0.05) is 64.1 Å². The summed E-state index contributed by atoms with van der Waals surface area (Å²) >= 11 is 0. The largest absolute Gasteiger partial charge is 0.506 e. The third kappa shape index (κ3) is 5.08. The molecule has 1 unspecified atom stereocenters. The van der Waals surface area contributed by atoms with Crippen molar-refractivity contribution in [2.45, 2.75) is 59.6 Å². The summed E-state index contributed by atoms with van der Waals surface area (Å²) in [6.45, 7) is 9.42. The van der Waals surface area contributed by atoms with E-state index < -0.39 is 17.8 Å². The number of ether oxygens (including phenoxy) is 1. The van der Waals surface area contributed by atoms with Crippen molar-refractivity contribution in [2.75, 3.05) is 10.2 Å². The zero-order valence-electron chi connectivity index (χ0n) is 23.5. The Morgan fingerprint density at radius 1 is 1.05 bits per heavy atom. The number of nitrogens with zero attached hydrogens (tertiary/aromatic N) is 1. The first-order chi connectivity index (χ1) is 19.0. The molecule has 3 aromatic carbocycles. The highest BCUT2D eigenvalue weighted by atomic mass is 19.1. The molecule has 2 aliphatic rings. The number of hydrogen-bond acceptors (Lipinski definition) is 5. The van der Waals surface area contributed by atoms with Crippen molar-refractivity contribution in [3.63, 3.8) is 0 Å². The van der Waals surface area contributed by atoms with Gasteiger partial charge in [-0.25, -0.2) is 4.39 Å². The maximum absolute atomic E-state index is 16.1. The number of halogens is 1. The van der Waals surface area contributed by atoms with Gasteiger partial charge in [0.25, 0.3) is 0 Å². The number of phenolic OH excluding ortho intramolecular Hbond substituents is 1. The minimum absolute atomic E-state index is 0.0542. The summed E-state index contributed by atoms with van der Waals surface area (Å²) in [4.78, 5) is 29.1. The Kier molecular flexibility index (Phi) is 7.17. The lowest BCUT2D eigenvalue weighted by Crippen LogP contribution is -2.41. The van der Waals surface area contributed by atoms with Gasteiger partial charge >= 0.3 is 0 Å². The summed E-state index contributed by atoms with van der Waals surface area (Å²) in [5.74, 6) is -1.20. The molecule has 5 rings (SSSR count). The van der Waals surface area contributed by atoms with E-state index in [0.29, 0.717) is 34.8 Å². The lowest BCUT2D eigenvalue weighted by molar-refractivity contribution is -0.122. The van der Waals surface area contributed by atoms with Crippen LogP contribution in [0.15, 0.2) is 78.0 Å². The molecule has 3 aromatic rings. The number of nitrogens with one attached hydrogen (secondary N) is 1. The second-order valence-electron chi connectivity index (χ2n) is 11.7. The number of anilines is 2. The highest BCUT2D eigenvalue weighted by Gasteiger charge is 2.45. The molecule has 1 amide bonds. The van der Waals surface area contributed by atoms with Crippen LogP contribution < -0.4 is 15.0 Å². The number of benzene rings is 3. The van der Waals surface area contributed by atoms with Gasteiger partial charge in [0.2, 0.25) is 5.91 Å². The van der Waals surface area contributed by atoms with Crippen LogP contribution in [0.1, 0.15) is 70.7 Å². The molecule has 208 valence electrons. The number of Topliss-reactive ketones (excluding diaryl/α,β-unsaturated/α-hetero) is 1. The van der Waals surface area contributed by atoms with Crippen LogP contribution >= 0.6 is 0 Å². The normalized spacial score (nSPS) is 18.9. The van der Waals surface area contributed by atoms with Gasteiger partial charge in [-0.2, -0.15) is 0 Å². The molecule has 6 nitrogen and oxygen atoms in total. The van der Waals surface area contributed by atoms with Gasteiger partial charge in [0.05, 0.1) is 11.7 Å². The summed E-state index contributed by atoms with van der Waals surface area (Å²) in [5.41, 5.74) is 2.44. The molecular formula is C33H35FN2O4. The van der Waals surface area contributed by atoms with E-state index >= 15 is 4.39 Å². The van der Waals surface area contributed by atoms with E-state index in [2.05, 4.69) is 5.32 Å². The van der Waals surface area contributed by atoms with Crippen LogP contribution in [-0.2, 0) is 9.59 Å². The van der Waals surface area contributed by atoms with E-state index in [1.807, 2.05) is 51.1 Å². The molecule has 2 N–H and O–H groups in total. The first-order valence-corrected chi connectivity index (χ1v) is 13.7. The minimum Gasteiger partial charge on any atom is -0.506 e. The number of rotatable bonds is 5. The molecule has 0 saturated carbocycles. The number of para-hydroxylation sites is 1. The molecule has 0 radical (unpaired) electrons. The smallest absolute Gasteiger partial charge is 0.230 e. The first kappa shape index (κ1) is 27.4. The van der Waals surface area contributed by atoms with Crippen LogP contribution in [0.5, 0.6) is 11.5 Å². The Bertz CT molecular complexity index is 1500. The molecule has 2 atom stereocenters. The third-order valence-electron chi connectivity index (χ3n) is 7.59. The van der Waals surface area contributed by atoms with Gasteiger partial charge in [-0.05, 0) is 48.6 Å². The number of phenols is 1. The molecule has 1 heterocycles. The predicted octanol–water partition coefficient (Wildman–Crippen LogP) is 7.47. The molecule has 0 spiro atoms. The van der Waals surface area contributed by atoms with Crippen molar-refractivity contribution in [3.05, 3.63) is 94.9 Å². The summed E-state index contributed by atoms with van der Waals surface area (Å²) in [6.07, 6.45) is 0.450. The third-order valence-corrected chi connectivity index (χ3v) is 7.59. The van der Waals surface area contributed by atoms with E-state index in [-0.39, 0.29) is 40.9 Å². The number of ketones is 1. The van der Waals surface area contributed by atoms with E-state index in [1.165, 1.54) is 17.0 Å². The molecule has 1 aliphatic carbocycles. The number of allylic oxidation sites excluding steroid dienone is 1.